The van der Waals surface area contributed by atoms with Gasteiger partial charge in [-0.1, -0.05) is 54.1 Å². The molecule has 0 aromatic heterocycles. The van der Waals surface area contributed by atoms with Crippen molar-refractivity contribution in [3.05, 3.63) is 70.7 Å². The molecule has 3 N–H and O–H groups in total. The monoisotopic (exact) mass is 380 g/mol. The first kappa shape index (κ1) is 19.7. The molecule has 2 aromatic rings. The van der Waals surface area contributed by atoms with Crippen LogP contribution in [0.15, 0.2) is 54.6 Å². The van der Waals surface area contributed by atoms with Crippen molar-refractivity contribution in [2.75, 3.05) is 13.1 Å². The van der Waals surface area contributed by atoms with Crippen LogP contribution in [-0.2, 0) is 16.8 Å². The minimum Gasteiger partial charge on any atom is -0.389 e. The van der Waals surface area contributed by atoms with Crippen molar-refractivity contribution in [2.45, 2.75) is 24.5 Å². The lowest BCUT2D eigenvalue weighted by molar-refractivity contribution is -0.125. The van der Waals surface area contributed by atoms with Gasteiger partial charge in [0, 0.05) is 11.6 Å². The van der Waals surface area contributed by atoms with Crippen LogP contribution in [0, 0.1) is 0 Å². The van der Waals surface area contributed by atoms with Crippen LogP contribution in [0.2, 0.25) is 5.02 Å². The number of amides is 1. The molecule has 0 spiro atoms. The summed E-state index contributed by atoms with van der Waals surface area (Å²) in [5, 5.41) is 17.5. The molecule has 0 bridgehead atoms. The highest BCUT2D eigenvalue weighted by Crippen LogP contribution is 2.31. The van der Waals surface area contributed by atoms with E-state index < -0.39 is 11.6 Å². The minimum absolute atomic E-state index is 0. The van der Waals surface area contributed by atoms with Crippen molar-refractivity contribution in [3.63, 3.8) is 0 Å². The van der Waals surface area contributed by atoms with Crippen LogP contribution in [0.5, 0.6) is 0 Å². The second-order valence-electron chi connectivity index (χ2n) is 6.16. The molecule has 0 aliphatic carbocycles. The fourth-order valence-electron chi connectivity index (χ4n) is 3.24. The Balaban J connectivity index is 0.00000225. The first-order valence-electron chi connectivity index (χ1n) is 8.10. The predicted octanol–water partition coefficient (Wildman–Crippen LogP) is 2.67. The zero-order valence-corrected chi connectivity index (χ0v) is 15.3. The molecular weight excluding hydrogens is 359 g/mol. The Morgan fingerprint density at radius 3 is 2.52 bits per heavy atom. The molecule has 0 saturated carbocycles. The minimum atomic E-state index is -0.754. The molecule has 0 radical (unpaired) electrons. The number of β-amino-alcohol motifs (C(OH)–C–C–N with tert-alkyl or cyclic N) is 1. The third-order valence-corrected chi connectivity index (χ3v) is 4.78. The van der Waals surface area contributed by atoms with Gasteiger partial charge in [-0.15, -0.1) is 12.4 Å². The number of halogens is 2. The lowest BCUT2D eigenvalue weighted by Gasteiger charge is -2.43. The Hall–Kier alpha value is -1.59. The van der Waals surface area contributed by atoms with Crippen LogP contribution >= 0.6 is 24.0 Å². The molecule has 1 saturated heterocycles. The summed E-state index contributed by atoms with van der Waals surface area (Å²) in [6, 6.07) is 16.9. The summed E-state index contributed by atoms with van der Waals surface area (Å²) in [4.78, 5) is 12.6. The number of piperidine rings is 1. The Kier molecular flexibility index (Phi) is 6.85. The zero-order valence-electron chi connectivity index (χ0n) is 13.7. The summed E-state index contributed by atoms with van der Waals surface area (Å²) in [5.41, 5.74) is 1.07. The summed E-state index contributed by atoms with van der Waals surface area (Å²) < 4.78 is 0. The van der Waals surface area contributed by atoms with Gasteiger partial charge in [0.25, 0.3) is 0 Å². The van der Waals surface area contributed by atoms with Crippen molar-refractivity contribution in [1.82, 2.24) is 10.6 Å². The Labute approximate surface area is 159 Å². The van der Waals surface area contributed by atoms with Gasteiger partial charge in [-0.05, 0) is 36.2 Å². The number of aliphatic hydroxyl groups is 1. The van der Waals surface area contributed by atoms with Crippen LogP contribution in [0.1, 0.15) is 17.5 Å². The molecular formula is C19H22Cl2N2O2. The molecule has 1 amide bonds. The van der Waals surface area contributed by atoms with Crippen molar-refractivity contribution in [1.29, 1.82) is 0 Å². The van der Waals surface area contributed by atoms with E-state index >= 15 is 0 Å². The quantitative estimate of drug-likeness (QED) is 0.763. The van der Waals surface area contributed by atoms with Crippen molar-refractivity contribution in [3.8, 4) is 0 Å². The molecule has 2 aromatic carbocycles. The molecule has 1 aliphatic heterocycles. The summed E-state index contributed by atoms with van der Waals surface area (Å²) in [5.74, 6) is -0.109. The molecule has 6 heteroatoms. The van der Waals surface area contributed by atoms with Crippen molar-refractivity contribution < 1.29 is 9.90 Å². The van der Waals surface area contributed by atoms with E-state index in [0.29, 0.717) is 18.0 Å². The van der Waals surface area contributed by atoms with E-state index in [1.807, 2.05) is 42.5 Å². The number of hydrogen-bond acceptors (Lipinski definition) is 3. The Morgan fingerprint density at radius 1 is 1.20 bits per heavy atom. The molecule has 1 fully saturated rings. The number of benzene rings is 2. The SMILES string of the molecule is Cl.O=C(Cc1ccc(Cl)cc1)N[C@]1(c2ccccc2)CCNC[C@H]1O. The molecule has 1 heterocycles. The Bertz CT molecular complexity index is 694. The molecule has 3 rings (SSSR count). The summed E-state index contributed by atoms with van der Waals surface area (Å²) in [7, 11) is 0. The molecule has 2 atom stereocenters. The smallest absolute Gasteiger partial charge is 0.225 e. The molecule has 134 valence electrons. The van der Waals surface area contributed by atoms with Gasteiger partial charge >= 0.3 is 0 Å². The van der Waals surface area contributed by atoms with E-state index in [-0.39, 0.29) is 24.7 Å². The Morgan fingerprint density at radius 2 is 1.88 bits per heavy atom. The largest absolute Gasteiger partial charge is 0.389 e. The summed E-state index contributed by atoms with van der Waals surface area (Å²) in [6.45, 7) is 1.20. The van der Waals surface area contributed by atoms with Crippen LogP contribution < -0.4 is 10.6 Å². The number of carbonyl (C=O) groups is 1. The topological polar surface area (TPSA) is 61.4 Å². The van der Waals surface area contributed by atoms with Crippen LogP contribution in [0.25, 0.3) is 0 Å². The van der Waals surface area contributed by atoms with Gasteiger partial charge < -0.3 is 15.7 Å². The normalized spacial score (nSPS) is 22.7. The van der Waals surface area contributed by atoms with E-state index in [2.05, 4.69) is 10.6 Å². The first-order valence-corrected chi connectivity index (χ1v) is 8.48. The van der Waals surface area contributed by atoms with Gasteiger partial charge in [0.15, 0.2) is 0 Å². The van der Waals surface area contributed by atoms with Gasteiger partial charge in [0.1, 0.15) is 0 Å². The maximum atomic E-state index is 12.6. The maximum absolute atomic E-state index is 12.6. The number of nitrogens with one attached hydrogen (secondary N) is 2. The predicted molar refractivity (Wildman–Crippen MR) is 102 cm³/mol. The average molecular weight is 381 g/mol. The van der Waals surface area contributed by atoms with E-state index in [4.69, 9.17) is 11.6 Å². The highest BCUT2D eigenvalue weighted by atomic mass is 35.5. The van der Waals surface area contributed by atoms with Crippen molar-refractivity contribution >= 4 is 29.9 Å². The molecule has 4 nitrogen and oxygen atoms in total. The fraction of sp³-hybridized carbons (Fsp3) is 0.316. The molecule has 0 unspecified atom stereocenters. The second kappa shape index (κ2) is 8.68. The van der Waals surface area contributed by atoms with E-state index in [0.717, 1.165) is 17.7 Å². The van der Waals surface area contributed by atoms with Gasteiger partial charge in [0.05, 0.1) is 18.1 Å². The van der Waals surface area contributed by atoms with Gasteiger partial charge in [-0.25, -0.2) is 0 Å². The number of rotatable bonds is 4. The van der Waals surface area contributed by atoms with E-state index in [1.165, 1.54) is 0 Å². The van der Waals surface area contributed by atoms with Crippen LogP contribution in [-0.4, -0.2) is 30.2 Å². The van der Waals surface area contributed by atoms with Gasteiger partial charge in [0.2, 0.25) is 5.91 Å². The maximum Gasteiger partial charge on any atom is 0.225 e. The fourth-order valence-corrected chi connectivity index (χ4v) is 3.36. The van der Waals surface area contributed by atoms with Gasteiger partial charge in [-0.3, -0.25) is 4.79 Å². The summed E-state index contributed by atoms with van der Waals surface area (Å²) >= 11 is 5.88. The number of hydrogen-bond donors (Lipinski definition) is 3. The lowest BCUT2D eigenvalue weighted by atomic mass is 9.79. The lowest BCUT2D eigenvalue weighted by Crippen LogP contribution is -2.61. The first-order chi connectivity index (χ1) is 11.6. The third-order valence-electron chi connectivity index (χ3n) is 4.53. The van der Waals surface area contributed by atoms with Crippen LogP contribution in [0.4, 0.5) is 0 Å². The highest BCUT2D eigenvalue weighted by Gasteiger charge is 2.42. The summed E-state index contributed by atoms with van der Waals surface area (Å²) in [6.07, 6.45) is 0.221. The van der Waals surface area contributed by atoms with Crippen LogP contribution in [0.3, 0.4) is 0 Å². The molecule has 1 aliphatic rings. The highest BCUT2D eigenvalue weighted by molar-refractivity contribution is 6.30. The van der Waals surface area contributed by atoms with E-state index in [9.17, 15) is 9.90 Å². The number of carbonyl (C=O) groups excluding carboxylic acids is 1. The third kappa shape index (κ3) is 4.53. The second-order valence-corrected chi connectivity index (χ2v) is 6.60. The van der Waals surface area contributed by atoms with Gasteiger partial charge in [-0.2, -0.15) is 0 Å². The average Bonchev–Trinajstić information content (AvgIpc) is 2.60. The van der Waals surface area contributed by atoms with Crippen molar-refractivity contribution in [2.24, 2.45) is 0 Å². The number of aliphatic hydroxyl groups excluding tert-OH is 1. The van der Waals surface area contributed by atoms with E-state index in [1.54, 1.807) is 12.1 Å². The molecule has 25 heavy (non-hydrogen) atoms. The zero-order chi connectivity index (χ0) is 17.0. The standard InChI is InChI=1S/C19H21ClN2O2.ClH/c20-16-8-6-14(7-9-16)12-18(24)22-19(10-11-21-13-17(19)23)15-4-2-1-3-5-15;/h1-9,17,21,23H,10-13H2,(H,22,24);1H/t17-,19+;/m1./s1.